The van der Waals surface area contributed by atoms with Crippen LogP contribution in [-0.4, -0.2) is 108 Å². The Kier molecular flexibility index (Phi) is 9.97. The number of benzene rings is 3. The van der Waals surface area contributed by atoms with Gasteiger partial charge in [0, 0.05) is 47.5 Å². The van der Waals surface area contributed by atoms with Crippen molar-refractivity contribution in [3.63, 3.8) is 0 Å². The Morgan fingerprint density at radius 1 is 1.07 bits per heavy atom. The second-order valence-electron chi connectivity index (χ2n) is 16.0. The Morgan fingerprint density at radius 2 is 1.86 bits per heavy atom. The normalized spacial score (nSPS) is 28.4. The van der Waals surface area contributed by atoms with Crippen molar-refractivity contribution < 1.29 is 58.4 Å². The lowest BCUT2D eigenvalue weighted by Gasteiger charge is -2.59. The summed E-state index contributed by atoms with van der Waals surface area (Å²) in [4.78, 5) is 29.8. The lowest BCUT2D eigenvalue weighted by atomic mass is 9.74. The number of aliphatic hydroxyl groups excluding tert-OH is 3. The summed E-state index contributed by atoms with van der Waals surface area (Å²) < 4.78 is 36.4. The van der Waals surface area contributed by atoms with Crippen LogP contribution in [0.4, 0.5) is 0 Å². The highest BCUT2D eigenvalue weighted by atomic mass is 32.2. The third-order valence-electron chi connectivity index (χ3n) is 12.8. The highest BCUT2D eigenvalue weighted by Crippen LogP contribution is 2.63. The van der Waals surface area contributed by atoms with Crippen molar-refractivity contribution >= 4 is 23.7 Å². The Morgan fingerprint density at radius 3 is 2.60 bits per heavy atom. The van der Waals surface area contributed by atoms with Crippen molar-refractivity contribution in [3.8, 4) is 34.5 Å². The maximum absolute atomic E-state index is 14.9. The molecule has 7 aliphatic rings. The number of nitrogens with zero attached hydrogens (tertiary/aromatic N) is 1. The first-order chi connectivity index (χ1) is 27.9. The van der Waals surface area contributed by atoms with Crippen LogP contribution in [0.5, 0.6) is 34.5 Å². The number of phenolic OH excluding ortho intramolecular Hbond substituents is 1. The molecule has 0 aromatic heterocycles. The van der Waals surface area contributed by atoms with E-state index in [1.54, 1.807) is 7.11 Å². The highest BCUT2D eigenvalue weighted by molar-refractivity contribution is 7.99. The number of ether oxygens (including phenoxy) is 6. The monoisotopic (exact) mass is 819 g/mol. The van der Waals surface area contributed by atoms with Crippen LogP contribution in [-0.2, 0) is 39.1 Å². The molecule has 310 valence electrons. The van der Waals surface area contributed by atoms with Gasteiger partial charge >= 0.3 is 11.9 Å². The molecule has 0 amide bonds. The molecule has 2 saturated heterocycles. The molecule has 8 atom stereocenters. The fraction of sp³-hybridized carbons (Fsp3) is 0.524. The van der Waals surface area contributed by atoms with Crippen LogP contribution >= 0.6 is 11.8 Å². The Balaban J connectivity index is 1.25. The molecular weight excluding hydrogens is 771 g/mol. The zero-order chi connectivity index (χ0) is 40.8. The number of aliphatic hydroxyl groups is 3. The van der Waals surface area contributed by atoms with E-state index in [4.69, 9.17) is 28.4 Å². The lowest BCUT2D eigenvalue weighted by Crippen LogP contribution is -2.69. The van der Waals surface area contributed by atoms with Crippen molar-refractivity contribution in [1.29, 1.82) is 0 Å². The van der Waals surface area contributed by atoms with Crippen LogP contribution in [0.15, 0.2) is 18.2 Å². The van der Waals surface area contributed by atoms with E-state index < -0.39 is 59.2 Å². The molecule has 16 heteroatoms. The van der Waals surface area contributed by atoms with Gasteiger partial charge in [-0.05, 0) is 73.4 Å². The van der Waals surface area contributed by atoms with E-state index in [1.807, 2.05) is 36.9 Å². The van der Waals surface area contributed by atoms with Crippen molar-refractivity contribution in [3.05, 3.63) is 68.3 Å². The first kappa shape index (κ1) is 39.2. The predicted octanol–water partition coefficient (Wildman–Crippen LogP) is 2.65. The Bertz CT molecular complexity index is 2200. The van der Waals surface area contributed by atoms with Crippen LogP contribution < -0.4 is 34.3 Å². The number of carbonyl (C=O) groups is 2. The van der Waals surface area contributed by atoms with Gasteiger partial charge in [-0.2, -0.15) is 0 Å². The van der Waals surface area contributed by atoms with E-state index in [0.717, 1.165) is 22.3 Å². The van der Waals surface area contributed by atoms with Crippen LogP contribution in [0.2, 0.25) is 0 Å². The quantitative estimate of drug-likeness (QED) is 0.150. The van der Waals surface area contributed by atoms with E-state index in [9.17, 15) is 30.0 Å². The van der Waals surface area contributed by atoms with E-state index in [0.29, 0.717) is 88.8 Å². The van der Waals surface area contributed by atoms with Gasteiger partial charge in [0.1, 0.15) is 24.3 Å². The molecule has 4 bridgehead atoms. The Labute approximate surface area is 339 Å². The summed E-state index contributed by atoms with van der Waals surface area (Å²) in [7, 11) is 3.09. The molecule has 0 radical (unpaired) electrons. The predicted molar refractivity (Wildman–Crippen MR) is 210 cm³/mol. The number of hydrogen-bond acceptors (Lipinski definition) is 16. The average molecular weight is 820 g/mol. The molecule has 1 spiro atoms. The number of nitrogens with one attached hydrogen (secondary N) is 2. The zero-order valence-corrected chi connectivity index (χ0v) is 33.9. The minimum absolute atomic E-state index is 0.0187. The maximum atomic E-state index is 14.9. The van der Waals surface area contributed by atoms with Gasteiger partial charge in [0.15, 0.2) is 28.5 Å². The van der Waals surface area contributed by atoms with Crippen molar-refractivity contribution in [2.45, 2.75) is 93.7 Å². The number of carbonyl (C=O) groups excluding carboxylic acids is 2. The fourth-order valence-corrected chi connectivity index (χ4v) is 12.0. The molecule has 2 fully saturated rings. The van der Waals surface area contributed by atoms with Crippen molar-refractivity contribution in [1.82, 2.24) is 15.5 Å². The number of aromatic hydroxyl groups is 1. The summed E-state index contributed by atoms with van der Waals surface area (Å²) in [5.74, 6) is 1.25. The van der Waals surface area contributed by atoms with Crippen LogP contribution in [0, 0.1) is 13.8 Å². The number of phenols is 1. The molecule has 7 aliphatic heterocycles. The topological polar surface area (TPSA) is 198 Å². The third-order valence-corrected chi connectivity index (χ3v) is 14.3. The van der Waals surface area contributed by atoms with E-state index in [1.165, 1.54) is 25.8 Å². The zero-order valence-electron chi connectivity index (χ0n) is 33.0. The van der Waals surface area contributed by atoms with Crippen LogP contribution in [0.3, 0.4) is 0 Å². The maximum Gasteiger partial charge on any atom is 0.331 e. The van der Waals surface area contributed by atoms with Gasteiger partial charge in [0.05, 0.1) is 50.3 Å². The highest BCUT2D eigenvalue weighted by Gasteiger charge is 2.60. The molecule has 3 aromatic carbocycles. The van der Waals surface area contributed by atoms with Gasteiger partial charge in [-0.3, -0.25) is 15.0 Å². The van der Waals surface area contributed by atoms with Crippen molar-refractivity contribution in [2.24, 2.45) is 0 Å². The summed E-state index contributed by atoms with van der Waals surface area (Å²) in [6.07, 6.45) is -0.105. The second-order valence-corrected chi connectivity index (χ2v) is 17.1. The number of hydrogen-bond donors (Lipinski definition) is 6. The lowest BCUT2D eigenvalue weighted by molar-refractivity contribution is -0.164. The molecule has 10 rings (SSSR count). The second kappa shape index (κ2) is 14.8. The van der Waals surface area contributed by atoms with Crippen molar-refractivity contribution in [2.75, 3.05) is 46.5 Å². The van der Waals surface area contributed by atoms with E-state index >= 15 is 0 Å². The minimum Gasteiger partial charge on any atom is -0.504 e. The number of fused-ring (bicyclic) bond motifs is 9. The van der Waals surface area contributed by atoms with Gasteiger partial charge < -0.3 is 54.2 Å². The van der Waals surface area contributed by atoms with Gasteiger partial charge in [0.2, 0.25) is 6.79 Å². The largest absolute Gasteiger partial charge is 0.504 e. The smallest absolute Gasteiger partial charge is 0.331 e. The molecule has 0 aliphatic carbocycles. The summed E-state index contributed by atoms with van der Waals surface area (Å²) in [5.41, 5.74) is 5.34. The summed E-state index contributed by atoms with van der Waals surface area (Å²) in [6.45, 7) is 4.91. The number of thioether (sulfide) groups is 1. The molecule has 58 heavy (non-hydrogen) atoms. The standard InChI is InChI=1S/C42H49N3O12S/c1-18-10-23-12-26-40(50)45-27-15-54-41(51)42(25-13-28(52-4)22(6-7-24(48)14-46)11-21(25)8-9-43-42)16-58-39(33(45)32(44-26)29(23)34(49)35(18)53-5)31-30(27)38-37(55-17-56-38)19(2)36(31)57-20(3)47/h10-11,13,24,26-27,32-33,39-40,43-44,46,48-50H,6-9,12,14-17H2,1-5H3/t24?,26-,27-,32+,33+,39+,40-,42+/m0/s1. The molecule has 1 unspecified atom stereocenters. The van der Waals surface area contributed by atoms with Crippen LogP contribution in [0.25, 0.3) is 0 Å². The fourth-order valence-electron chi connectivity index (χ4n) is 10.3. The molecule has 0 saturated carbocycles. The van der Waals surface area contributed by atoms with Gasteiger partial charge in [0.25, 0.3) is 0 Å². The van der Waals surface area contributed by atoms with Gasteiger partial charge in [-0.1, -0.05) is 12.1 Å². The molecule has 7 heterocycles. The first-order valence-electron chi connectivity index (χ1n) is 19.7. The third kappa shape index (κ3) is 5.85. The number of aryl methyl sites for hydroxylation is 2. The molecule has 3 aromatic rings. The Hall–Kier alpha value is -4.29. The molecule has 15 nitrogen and oxygen atoms in total. The van der Waals surface area contributed by atoms with Gasteiger partial charge in [-0.25, -0.2) is 4.79 Å². The summed E-state index contributed by atoms with van der Waals surface area (Å²) >= 11 is 1.47. The van der Waals surface area contributed by atoms with E-state index in [2.05, 4.69) is 10.6 Å². The van der Waals surface area contributed by atoms with E-state index in [-0.39, 0.29) is 31.5 Å². The summed E-state index contributed by atoms with van der Waals surface area (Å²) in [5, 5.41) is 50.6. The number of methoxy groups -OCH3 is 2. The first-order valence-corrected chi connectivity index (χ1v) is 20.7. The number of esters is 2. The van der Waals surface area contributed by atoms with Crippen LogP contribution in [0.1, 0.15) is 80.7 Å². The SMILES string of the molecule is COc1cc2c(cc1CCC(O)CO)CCN[C@]21CS[C@@H]2c3c(OC(C)=O)c(C)c4c(c3[C@H](COC1=O)N1[C@@H]2[C@@H]2N[C@@H](Cc3cc(C)c(OC)c(O)c32)[C@@H]1O)OCO4. The number of rotatable bonds is 7. The summed E-state index contributed by atoms with van der Waals surface area (Å²) in [6, 6.07) is 3.52. The minimum atomic E-state index is -1.35. The average Bonchev–Trinajstić information content (AvgIpc) is 3.71. The number of piperazine rings is 1. The van der Waals surface area contributed by atoms with Gasteiger partial charge in [-0.15, -0.1) is 11.8 Å². The molecule has 6 N–H and O–H groups in total. The molecular formula is C42H49N3O12S.